The van der Waals surface area contributed by atoms with E-state index in [1.54, 1.807) is 0 Å². The van der Waals surface area contributed by atoms with Crippen LogP contribution < -0.4 is 19.6 Å². The summed E-state index contributed by atoms with van der Waals surface area (Å²) in [5.41, 5.74) is 25.9. The van der Waals surface area contributed by atoms with Crippen LogP contribution in [0.1, 0.15) is 0 Å². The smallest absolute Gasteiger partial charge is 0.137 e. The molecule has 0 aliphatic carbocycles. The van der Waals surface area contributed by atoms with Gasteiger partial charge < -0.3 is 28.4 Å². The van der Waals surface area contributed by atoms with E-state index in [1.807, 2.05) is 28.7 Å². The SMILES string of the molecule is c1ccc(-c2cc(-c3ccccc3)cc(N(c3ccc4c(c3)oc3ccccc34)c3cccc4sc5c(N(c6ccccc6)c6ccccc6)c6cc7ccccc7cc6cc5c34)c2)cc1.c1ccc(-c2ccc(N(c3ccc(-c4cccc5oc6cccc(N(c7ccccc7)c7ccccc7)c6c45)c4ccccc34)c3cccc4sc5ccccc5c34)cc2)cc1. The first kappa shape index (κ1) is 75.4. The number of para-hydroxylation sites is 5. The van der Waals surface area contributed by atoms with Crippen LogP contribution in [0.15, 0.2) is 482 Å². The molecule has 4 heterocycles. The molecule has 0 spiro atoms. The summed E-state index contributed by atoms with van der Waals surface area (Å²) in [4.78, 5) is 9.71. The fourth-order valence-corrected chi connectivity index (χ4v) is 21.6. The highest BCUT2D eigenvalue weighted by molar-refractivity contribution is 7.27. The van der Waals surface area contributed by atoms with Crippen LogP contribution in [0, 0.1) is 0 Å². The Balaban J connectivity index is 0.000000143. The molecule has 602 valence electrons. The highest BCUT2D eigenvalue weighted by Gasteiger charge is 2.30. The number of hydrogen-bond donors (Lipinski definition) is 0. The fraction of sp³-hybridized carbons (Fsp3) is 0. The van der Waals surface area contributed by atoms with Gasteiger partial charge in [0.2, 0.25) is 0 Å². The van der Waals surface area contributed by atoms with Crippen molar-refractivity contribution in [3.63, 3.8) is 0 Å². The molecule has 4 aromatic heterocycles. The Morgan fingerprint density at radius 3 is 1.23 bits per heavy atom. The number of benzene rings is 21. The van der Waals surface area contributed by atoms with Crippen LogP contribution in [0.5, 0.6) is 0 Å². The maximum atomic E-state index is 6.74. The van der Waals surface area contributed by atoms with Crippen LogP contribution in [-0.2, 0) is 0 Å². The van der Waals surface area contributed by atoms with Gasteiger partial charge in [-0.25, -0.2) is 0 Å². The first-order valence-corrected chi connectivity index (χ1v) is 45.0. The third-order valence-corrected chi connectivity index (χ3v) is 27.3. The summed E-state index contributed by atoms with van der Waals surface area (Å²) in [6.07, 6.45) is 0. The lowest BCUT2D eigenvalue weighted by atomic mass is 9.92. The molecule has 8 heteroatoms. The minimum absolute atomic E-state index is 0.851. The van der Waals surface area contributed by atoms with Crippen molar-refractivity contribution in [1.82, 2.24) is 0 Å². The molecule has 6 nitrogen and oxygen atoms in total. The van der Waals surface area contributed by atoms with Gasteiger partial charge >= 0.3 is 0 Å². The highest BCUT2D eigenvalue weighted by atomic mass is 32.1. The molecule has 0 unspecified atom stereocenters. The van der Waals surface area contributed by atoms with Gasteiger partial charge in [-0.2, -0.15) is 0 Å². The minimum atomic E-state index is 0.851. The molecule has 0 aliphatic rings. The average molecular weight is 1670 g/mol. The molecule has 0 saturated heterocycles. The van der Waals surface area contributed by atoms with E-state index in [4.69, 9.17) is 8.83 Å². The van der Waals surface area contributed by atoms with Crippen LogP contribution in [0.4, 0.5) is 68.2 Å². The Morgan fingerprint density at radius 2 is 0.594 bits per heavy atom. The van der Waals surface area contributed by atoms with Crippen molar-refractivity contribution in [2.45, 2.75) is 0 Å². The number of hydrogen-bond acceptors (Lipinski definition) is 8. The zero-order chi connectivity index (χ0) is 84.5. The summed E-state index contributed by atoms with van der Waals surface area (Å²) in [6, 6.07) is 171. The molecule has 0 aliphatic heterocycles. The topological polar surface area (TPSA) is 39.2 Å². The summed E-state index contributed by atoms with van der Waals surface area (Å²) < 4.78 is 18.4. The van der Waals surface area contributed by atoms with Crippen molar-refractivity contribution in [2.24, 2.45) is 0 Å². The number of nitrogens with zero attached hydrogens (tertiary/aromatic N) is 4. The molecule has 25 rings (SSSR count). The van der Waals surface area contributed by atoms with Gasteiger partial charge in [0.25, 0.3) is 0 Å². The molecule has 0 fully saturated rings. The molecular formula is C120H78N4O2S2. The molecule has 0 saturated carbocycles. The van der Waals surface area contributed by atoms with Crippen molar-refractivity contribution in [3.8, 4) is 44.5 Å². The van der Waals surface area contributed by atoms with E-state index in [9.17, 15) is 0 Å². The van der Waals surface area contributed by atoms with E-state index >= 15 is 0 Å². The number of thiophene rings is 2. The van der Waals surface area contributed by atoms with Gasteiger partial charge in [0.15, 0.2) is 0 Å². The Morgan fingerprint density at radius 1 is 0.172 bits per heavy atom. The van der Waals surface area contributed by atoms with Crippen LogP contribution in [0.25, 0.3) is 161 Å². The number of anilines is 12. The minimum Gasteiger partial charge on any atom is -0.456 e. The third kappa shape index (κ3) is 13.3. The molecule has 0 bridgehead atoms. The summed E-state index contributed by atoms with van der Waals surface area (Å²) in [6.45, 7) is 0. The Hall–Kier alpha value is -16.4. The monoisotopic (exact) mass is 1670 g/mol. The lowest BCUT2D eigenvalue weighted by molar-refractivity contribution is 0.668. The van der Waals surface area contributed by atoms with Gasteiger partial charge in [0.05, 0.1) is 38.5 Å². The predicted octanol–water partition coefficient (Wildman–Crippen LogP) is 35.9. The molecule has 25 aromatic rings. The first-order chi connectivity index (χ1) is 63.5. The normalized spacial score (nSPS) is 11.6. The number of rotatable bonds is 16. The van der Waals surface area contributed by atoms with E-state index in [0.29, 0.717) is 0 Å². The van der Waals surface area contributed by atoms with Gasteiger partial charge in [0.1, 0.15) is 22.3 Å². The largest absolute Gasteiger partial charge is 0.456 e. The number of furan rings is 2. The van der Waals surface area contributed by atoms with Gasteiger partial charge in [-0.05, 0) is 236 Å². The summed E-state index contributed by atoms with van der Waals surface area (Å²) in [7, 11) is 0. The second-order valence-electron chi connectivity index (χ2n) is 32.5. The Kier molecular flexibility index (Phi) is 18.9. The van der Waals surface area contributed by atoms with Crippen molar-refractivity contribution in [2.75, 3.05) is 19.6 Å². The zero-order valence-electron chi connectivity index (χ0n) is 69.5. The molecule has 0 radical (unpaired) electrons. The summed E-state index contributed by atoms with van der Waals surface area (Å²) in [5.74, 6) is 0. The fourth-order valence-electron chi connectivity index (χ4n) is 19.3. The van der Waals surface area contributed by atoms with E-state index in [0.717, 1.165) is 145 Å². The average Bonchev–Trinajstić information content (AvgIpc) is 1.54. The summed E-state index contributed by atoms with van der Waals surface area (Å²) in [5, 5.41) is 16.5. The molecule has 21 aromatic carbocycles. The van der Waals surface area contributed by atoms with Crippen LogP contribution >= 0.6 is 22.7 Å². The van der Waals surface area contributed by atoms with Crippen LogP contribution in [0.2, 0.25) is 0 Å². The molecule has 0 N–H and O–H groups in total. The van der Waals surface area contributed by atoms with Crippen molar-refractivity contribution < 1.29 is 8.83 Å². The van der Waals surface area contributed by atoms with Crippen molar-refractivity contribution >= 4 is 207 Å². The maximum Gasteiger partial charge on any atom is 0.137 e. The molecule has 0 amide bonds. The Bertz CT molecular complexity index is 8370. The molecule has 128 heavy (non-hydrogen) atoms. The van der Waals surface area contributed by atoms with Gasteiger partial charge in [0, 0.05) is 108 Å². The van der Waals surface area contributed by atoms with Gasteiger partial charge in [-0.15, -0.1) is 22.7 Å². The summed E-state index contributed by atoms with van der Waals surface area (Å²) >= 11 is 3.72. The van der Waals surface area contributed by atoms with Crippen molar-refractivity contribution in [3.05, 3.63) is 473 Å². The molecular weight excluding hydrogens is 1590 g/mol. The second kappa shape index (κ2) is 32.1. The van der Waals surface area contributed by atoms with E-state index < -0.39 is 0 Å². The van der Waals surface area contributed by atoms with Crippen molar-refractivity contribution in [1.29, 1.82) is 0 Å². The standard InChI is InChI=1S/C62H40N2OS.C58H38N2OS/c1-5-18-41(19-6-1)45-35-46(42-20-7-2-8-21-42)37-51(36-45)63(50-32-33-53-52-28-15-16-30-57(52)65-58(53)40-50)56-29-17-31-59-60(56)55-39-47-34-43-22-13-14-23-44(43)38-54(47)61(62(55)66-59)64(48-24-9-3-10-25-48)49-26-11-4-12-27-49;1-4-17-39(18-5-1)40-33-35-43(36-34-40)60(50-28-16-32-55-56(50)48-25-12-13-31-54(48)62-55)49-38-37-45(44-23-10-11-24-46(44)49)47-26-14-29-52-57(47)58-51(27-15-30-53(58)61-52)59(41-19-6-2-7-20-41)42-21-8-3-9-22-42/h1-40H;1-38H. The highest BCUT2D eigenvalue weighted by Crippen LogP contribution is 2.56. The Labute approximate surface area is 748 Å². The van der Waals surface area contributed by atoms with Gasteiger partial charge in [-0.1, -0.05) is 297 Å². The van der Waals surface area contributed by atoms with E-state index in [-0.39, 0.29) is 0 Å². The maximum absolute atomic E-state index is 6.74. The quantitative estimate of drug-likeness (QED) is 0.0898. The third-order valence-electron chi connectivity index (χ3n) is 25.0. The second-order valence-corrected chi connectivity index (χ2v) is 34.6. The first-order valence-electron chi connectivity index (χ1n) is 43.4. The van der Waals surface area contributed by atoms with Gasteiger partial charge in [-0.3, -0.25) is 0 Å². The lowest BCUT2D eigenvalue weighted by Gasteiger charge is -2.28. The van der Waals surface area contributed by atoms with Crippen LogP contribution in [-0.4, -0.2) is 0 Å². The van der Waals surface area contributed by atoms with E-state index in [1.165, 1.54) is 84.1 Å². The van der Waals surface area contributed by atoms with E-state index in [2.05, 4.69) is 487 Å². The lowest BCUT2D eigenvalue weighted by Crippen LogP contribution is -2.11. The molecule has 0 atom stereocenters. The number of fused-ring (bicyclic) bond motifs is 15. The predicted molar refractivity (Wildman–Crippen MR) is 546 cm³/mol. The van der Waals surface area contributed by atoms with Crippen LogP contribution in [0.3, 0.4) is 0 Å². The zero-order valence-corrected chi connectivity index (χ0v) is 71.1.